The molecule has 24 heavy (non-hydrogen) atoms. The molecule has 1 aromatic carbocycles. The zero-order chi connectivity index (χ0) is 17.4. The fraction of sp³-hybridized carbons (Fsp3) is 0.438. The van der Waals surface area contributed by atoms with Gasteiger partial charge < -0.3 is 34.9 Å². The lowest BCUT2D eigenvalue weighted by molar-refractivity contribution is -0.239. The second-order valence-electron chi connectivity index (χ2n) is 5.81. The summed E-state index contributed by atoms with van der Waals surface area (Å²) in [6.45, 7) is 1.31. The van der Waals surface area contributed by atoms with E-state index in [1.807, 2.05) is 0 Å². The van der Waals surface area contributed by atoms with Crippen LogP contribution in [0.1, 0.15) is 5.56 Å². The smallest absolute Gasteiger partial charge is 0.336 e. The Bertz CT molecular complexity index is 788. The summed E-state index contributed by atoms with van der Waals surface area (Å²) in [5, 5.41) is 29.7. The molecule has 0 spiro atoms. The number of nitrogens with two attached hydrogens (primary N) is 1. The van der Waals surface area contributed by atoms with E-state index in [0.717, 1.165) is 10.9 Å². The van der Waals surface area contributed by atoms with Crippen molar-refractivity contribution in [3.63, 3.8) is 0 Å². The van der Waals surface area contributed by atoms with E-state index in [1.165, 1.54) is 12.1 Å². The summed E-state index contributed by atoms with van der Waals surface area (Å²) in [7, 11) is 0. The van der Waals surface area contributed by atoms with Crippen LogP contribution in [0, 0.1) is 6.92 Å². The van der Waals surface area contributed by atoms with Gasteiger partial charge in [0.1, 0.15) is 29.6 Å². The molecule has 2 aromatic rings. The maximum Gasteiger partial charge on any atom is 0.336 e. The zero-order valence-electron chi connectivity index (χ0n) is 13.0. The highest BCUT2D eigenvalue weighted by Gasteiger charge is 2.43. The summed E-state index contributed by atoms with van der Waals surface area (Å²) in [4.78, 5) is 11.5. The van der Waals surface area contributed by atoms with Crippen LogP contribution in [0.2, 0.25) is 0 Å². The Kier molecular flexibility index (Phi) is 4.57. The van der Waals surface area contributed by atoms with Gasteiger partial charge in [0, 0.05) is 17.5 Å². The Labute approximate surface area is 137 Å². The van der Waals surface area contributed by atoms with Gasteiger partial charge in [-0.3, -0.25) is 0 Å². The molecule has 0 amide bonds. The van der Waals surface area contributed by atoms with Crippen molar-refractivity contribution in [2.75, 3.05) is 6.61 Å². The van der Waals surface area contributed by atoms with Crippen LogP contribution < -0.4 is 16.1 Å². The van der Waals surface area contributed by atoms with Gasteiger partial charge in [-0.25, -0.2) is 4.79 Å². The number of fused-ring (bicyclic) bond motifs is 1. The molecule has 2 heterocycles. The first-order valence-electron chi connectivity index (χ1n) is 7.50. The summed E-state index contributed by atoms with van der Waals surface area (Å²) >= 11 is 0. The number of aryl methyl sites for hydroxylation is 1. The summed E-state index contributed by atoms with van der Waals surface area (Å²) in [5.74, 6) is 0.317. The average molecular weight is 337 g/mol. The Balaban J connectivity index is 1.87. The number of aliphatic hydroxyl groups is 3. The van der Waals surface area contributed by atoms with Crippen LogP contribution >= 0.6 is 0 Å². The quantitative estimate of drug-likeness (QED) is 0.537. The highest BCUT2D eigenvalue weighted by Crippen LogP contribution is 2.26. The third kappa shape index (κ3) is 3.02. The maximum absolute atomic E-state index is 11.5. The number of rotatable bonds is 3. The molecule has 1 fully saturated rings. The topological polar surface area (TPSA) is 135 Å². The maximum atomic E-state index is 11.5. The van der Waals surface area contributed by atoms with E-state index in [2.05, 4.69) is 0 Å². The number of aliphatic hydroxyl groups excluding tert-OH is 3. The minimum absolute atomic E-state index is 0.317. The van der Waals surface area contributed by atoms with E-state index < -0.39 is 42.9 Å². The van der Waals surface area contributed by atoms with Gasteiger partial charge >= 0.3 is 5.63 Å². The van der Waals surface area contributed by atoms with Gasteiger partial charge in [-0.2, -0.15) is 0 Å². The molecule has 130 valence electrons. The summed E-state index contributed by atoms with van der Waals surface area (Å²) in [5.41, 5.74) is 6.48. The fourth-order valence-electron chi connectivity index (χ4n) is 2.72. The van der Waals surface area contributed by atoms with E-state index in [4.69, 9.17) is 19.6 Å². The lowest BCUT2D eigenvalue weighted by atomic mass is 9.98. The monoisotopic (exact) mass is 337 g/mol. The second-order valence-corrected chi connectivity index (χ2v) is 5.81. The Morgan fingerprint density at radius 3 is 2.71 bits per heavy atom. The minimum atomic E-state index is -1.30. The van der Waals surface area contributed by atoms with Crippen molar-refractivity contribution in [1.29, 1.82) is 0 Å². The Morgan fingerprint density at radius 2 is 2.00 bits per heavy atom. The zero-order valence-corrected chi connectivity index (χ0v) is 13.0. The van der Waals surface area contributed by atoms with Crippen LogP contribution in [0.25, 0.3) is 11.0 Å². The lowest BCUT2D eigenvalue weighted by Crippen LogP contribution is -2.63. The van der Waals surface area contributed by atoms with Crippen LogP contribution in [-0.4, -0.2) is 52.6 Å². The van der Waals surface area contributed by atoms with Crippen molar-refractivity contribution in [1.82, 2.24) is 0 Å². The minimum Gasteiger partial charge on any atom is -0.463 e. The molecule has 5 atom stereocenters. The molecule has 5 N–H and O–H groups in total. The normalized spacial score (nSPS) is 30.5. The molecule has 0 bridgehead atoms. The van der Waals surface area contributed by atoms with E-state index in [-0.39, 0.29) is 0 Å². The molecule has 1 aliphatic rings. The Morgan fingerprint density at radius 1 is 1.25 bits per heavy atom. The van der Waals surface area contributed by atoms with Crippen molar-refractivity contribution >= 4 is 11.0 Å². The van der Waals surface area contributed by atoms with Gasteiger partial charge in [0.2, 0.25) is 6.29 Å². The van der Waals surface area contributed by atoms with Crippen LogP contribution in [-0.2, 0) is 4.74 Å². The van der Waals surface area contributed by atoms with Gasteiger partial charge in [-0.1, -0.05) is 0 Å². The van der Waals surface area contributed by atoms with Gasteiger partial charge in [0.25, 0.3) is 0 Å². The first-order chi connectivity index (χ1) is 11.4. The van der Waals surface area contributed by atoms with Gasteiger partial charge in [-0.05, 0) is 24.6 Å². The third-order valence-electron chi connectivity index (χ3n) is 4.10. The average Bonchev–Trinajstić information content (AvgIpc) is 2.55. The molecule has 0 saturated carbocycles. The molecule has 1 aliphatic heterocycles. The number of hydrogen-bond acceptors (Lipinski definition) is 8. The predicted octanol–water partition coefficient (Wildman–Crippen LogP) is -0.753. The van der Waals surface area contributed by atoms with Crippen LogP contribution in [0.3, 0.4) is 0 Å². The molecule has 5 unspecified atom stereocenters. The van der Waals surface area contributed by atoms with E-state index in [9.17, 15) is 20.1 Å². The molecule has 1 aromatic heterocycles. The molecule has 3 rings (SSSR count). The van der Waals surface area contributed by atoms with Crippen LogP contribution in [0.4, 0.5) is 0 Å². The summed E-state index contributed by atoms with van der Waals surface area (Å²) in [6, 6.07) is 5.28. The first kappa shape index (κ1) is 16.9. The molecular weight excluding hydrogens is 318 g/mol. The van der Waals surface area contributed by atoms with Crippen molar-refractivity contribution in [3.05, 3.63) is 40.2 Å². The third-order valence-corrected chi connectivity index (χ3v) is 4.10. The largest absolute Gasteiger partial charge is 0.463 e. The standard InChI is InChI=1S/C16H19NO7/c1-7-4-12(19)23-10-5-8(2-3-9(7)10)22-16-13(17)15(21)14(20)11(6-18)24-16/h2-5,11,13-16,18,20-21H,6,17H2,1H3. The number of ether oxygens (including phenoxy) is 2. The van der Waals surface area contributed by atoms with E-state index >= 15 is 0 Å². The Hall–Kier alpha value is -1.97. The van der Waals surface area contributed by atoms with Crippen molar-refractivity contribution in [2.45, 2.75) is 37.6 Å². The molecule has 1 saturated heterocycles. The summed E-state index contributed by atoms with van der Waals surface area (Å²) < 4.78 is 16.2. The van der Waals surface area contributed by atoms with E-state index in [0.29, 0.717) is 11.3 Å². The van der Waals surface area contributed by atoms with Gasteiger partial charge in [-0.15, -0.1) is 0 Å². The molecule has 8 nitrogen and oxygen atoms in total. The number of benzene rings is 1. The predicted molar refractivity (Wildman–Crippen MR) is 83.6 cm³/mol. The number of hydrogen-bond donors (Lipinski definition) is 4. The van der Waals surface area contributed by atoms with Crippen LogP contribution in [0.15, 0.2) is 33.5 Å². The molecule has 8 heteroatoms. The molecule has 0 aliphatic carbocycles. The van der Waals surface area contributed by atoms with Crippen molar-refractivity contribution in [3.8, 4) is 5.75 Å². The molecular formula is C16H19NO7. The molecule has 0 radical (unpaired) electrons. The highest BCUT2D eigenvalue weighted by molar-refractivity contribution is 5.81. The lowest BCUT2D eigenvalue weighted by Gasteiger charge is -2.40. The van der Waals surface area contributed by atoms with Gasteiger partial charge in [0.15, 0.2) is 0 Å². The van der Waals surface area contributed by atoms with E-state index in [1.54, 1.807) is 19.1 Å². The van der Waals surface area contributed by atoms with Crippen molar-refractivity contribution < 1.29 is 29.2 Å². The summed E-state index contributed by atoms with van der Waals surface area (Å²) in [6.07, 6.45) is -4.69. The second kappa shape index (κ2) is 6.50. The van der Waals surface area contributed by atoms with Crippen molar-refractivity contribution in [2.24, 2.45) is 5.73 Å². The highest BCUT2D eigenvalue weighted by atomic mass is 16.7. The fourth-order valence-corrected chi connectivity index (χ4v) is 2.72. The van der Waals surface area contributed by atoms with Crippen LogP contribution in [0.5, 0.6) is 5.75 Å². The van der Waals surface area contributed by atoms with Gasteiger partial charge in [0.05, 0.1) is 12.6 Å². The first-order valence-corrected chi connectivity index (χ1v) is 7.50. The SMILES string of the molecule is Cc1cc(=O)oc2cc(OC3OC(CO)C(O)C(O)C3N)ccc12.